The fourth-order valence-electron chi connectivity index (χ4n) is 1.51. The van der Waals surface area contributed by atoms with Gasteiger partial charge in [0.15, 0.2) is 5.82 Å². The first-order valence-corrected chi connectivity index (χ1v) is 6.17. The Labute approximate surface area is 112 Å². The van der Waals surface area contributed by atoms with E-state index in [4.69, 9.17) is 16.0 Å². The van der Waals surface area contributed by atoms with Crippen LogP contribution in [0.25, 0.3) is 11.3 Å². The number of hydrogen-bond donors (Lipinski definition) is 1. The van der Waals surface area contributed by atoms with E-state index < -0.39 is 5.82 Å². The molecular formula is C12H10BrClFNO. The smallest absolute Gasteiger partial charge is 0.153 e. The summed E-state index contributed by atoms with van der Waals surface area (Å²) < 4.78 is 19.9. The van der Waals surface area contributed by atoms with Gasteiger partial charge in [0, 0.05) is 4.47 Å². The van der Waals surface area contributed by atoms with Crippen LogP contribution in [0.1, 0.15) is 5.76 Å². The van der Waals surface area contributed by atoms with Crippen molar-refractivity contribution in [2.45, 2.75) is 6.54 Å². The van der Waals surface area contributed by atoms with E-state index in [9.17, 15) is 4.39 Å². The van der Waals surface area contributed by atoms with Crippen LogP contribution >= 0.6 is 27.5 Å². The third-order valence-electron chi connectivity index (χ3n) is 2.31. The average molecular weight is 319 g/mol. The van der Waals surface area contributed by atoms with Crippen molar-refractivity contribution in [3.8, 4) is 11.3 Å². The fourth-order valence-corrected chi connectivity index (χ4v) is 1.98. The zero-order chi connectivity index (χ0) is 12.4. The van der Waals surface area contributed by atoms with Crippen LogP contribution in [0.15, 0.2) is 33.2 Å². The predicted octanol–water partition coefficient (Wildman–Crippen LogP) is 4.22. The van der Waals surface area contributed by atoms with Gasteiger partial charge in [0.2, 0.25) is 0 Å². The van der Waals surface area contributed by atoms with Crippen molar-refractivity contribution < 1.29 is 8.81 Å². The maximum atomic E-state index is 13.9. The van der Waals surface area contributed by atoms with Crippen molar-refractivity contribution in [1.29, 1.82) is 0 Å². The first-order chi connectivity index (χ1) is 8.13. The minimum absolute atomic E-state index is 0.0640. The second-order valence-electron chi connectivity index (χ2n) is 3.52. The second kappa shape index (κ2) is 5.21. The third-order valence-corrected chi connectivity index (χ3v) is 3.57. The van der Waals surface area contributed by atoms with E-state index in [1.54, 1.807) is 24.3 Å². The highest BCUT2D eigenvalue weighted by Gasteiger charge is 2.14. The van der Waals surface area contributed by atoms with Crippen LogP contribution in [0.2, 0.25) is 5.02 Å². The molecule has 2 nitrogen and oxygen atoms in total. The lowest BCUT2D eigenvalue weighted by Gasteiger charge is -2.03. The quantitative estimate of drug-likeness (QED) is 0.857. The van der Waals surface area contributed by atoms with E-state index in [1.807, 2.05) is 7.05 Å². The van der Waals surface area contributed by atoms with Gasteiger partial charge >= 0.3 is 0 Å². The molecule has 5 heteroatoms. The van der Waals surface area contributed by atoms with Crippen LogP contribution in [0.4, 0.5) is 4.39 Å². The molecule has 0 unspecified atom stereocenters. The number of benzene rings is 1. The topological polar surface area (TPSA) is 25.2 Å². The summed E-state index contributed by atoms with van der Waals surface area (Å²) in [6.07, 6.45) is 0. The lowest BCUT2D eigenvalue weighted by molar-refractivity contribution is 0.503. The Hall–Kier alpha value is -0.840. The summed E-state index contributed by atoms with van der Waals surface area (Å²) in [6.45, 7) is 0.603. The van der Waals surface area contributed by atoms with E-state index >= 15 is 0 Å². The molecule has 0 radical (unpaired) electrons. The van der Waals surface area contributed by atoms with E-state index in [1.165, 1.54) is 0 Å². The van der Waals surface area contributed by atoms with Gasteiger partial charge in [-0.3, -0.25) is 0 Å². The van der Waals surface area contributed by atoms with Gasteiger partial charge in [-0.1, -0.05) is 11.6 Å². The molecule has 0 bridgehead atoms. The SMILES string of the molecule is CNCc1ccc(-c2ccc(Br)c(Cl)c2F)o1. The van der Waals surface area contributed by atoms with Crippen LogP contribution in [-0.2, 0) is 6.54 Å². The number of nitrogens with one attached hydrogen (secondary N) is 1. The fraction of sp³-hybridized carbons (Fsp3) is 0.167. The molecule has 0 amide bonds. The van der Waals surface area contributed by atoms with Crippen molar-refractivity contribution in [1.82, 2.24) is 5.32 Å². The van der Waals surface area contributed by atoms with Crippen molar-refractivity contribution in [2.24, 2.45) is 0 Å². The Morgan fingerprint density at radius 2 is 2.12 bits per heavy atom. The number of rotatable bonds is 3. The van der Waals surface area contributed by atoms with Crippen LogP contribution in [0.3, 0.4) is 0 Å². The molecule has 0 saturated heterocycles. The first-order valence-electron chi connectivity index (χ1n) is 5.00. The van der Waals surface area contributed by atoms with E-state index in [0.717, 1.165) is 5.76 Å². The van der Waals surface area contributed by atoms with Gasteiger partial charge in [-0.25, -0.2) is 4.39 Å². The number of hydrogen-bond acceptors (Lipinski definition) is 2. The minimum Gasteiger partial charge on any atom is -0.460 e. The summed E-state index contributed by atoms with van der Waals surface area (Å²) >= 11 is 9.00. The highest BCUT2D eigenvalue weighted by atomic mass is 79.9. The highest BCUT2D eigenvalue weighted by Crippen LogP contribution is 2.33. The lowest BCUT2D eigenvalue weighted by Crippen LogP contribution is -2.03. The molecule has 17 heavy (non-hydrogen) atoms. The Morgan fingerprint density at radius 3 is 2.82 bits per heavy atom. The van der Waals surface area contributed by atoms with Crippen molar-refractivity contribution >= 4 is 27.5 Å². The summed E-state index contributed by atoms with van der Waals surface area (Å²) in [6, 6.07) is 6.87. The van der Waals surface area contributed by atoms with Gasteiger partial charge in [0.25, 0.3) is 0 Å². The summed E-state index contributed by atoms with van der Waals surface area (Å²) in [5, 5.41) is 3.03. The summed E-state index contributed by atoms with van der Waals surface area (Å²) in [7, 11) is 1.82. The molecule has 1 heterocycles. The van der Waals surface area contributed by atoms with Gasteiger partial charge in [0.05, 0.1) is 17.1 Å². The molecule has 0 aliphatic heterocycles. The van der Waals surface area contributed by atoms with Crippen LogP contribution in [0.5, 0.6) is 0 Å². The standard InChI is InChI=1S/C12H10BrClFNO/c1-16-6-7-2-5-10(17-7)8-3-4-9(13)11(14)12(8)15/h2-5,16H,6H2,1H3. The molecule has 1 aromatic carbocycles. The Kier molecular flexibility index (Phi) is 3.86. The van der Waals surface area contributed by atoms with Crippen LogP contribution in [-0.4, -0.2) is 7.05 Å². The molecular weight excluding hydrogens is 308 g/mol. The van der Waals surface area contributed by atoms with E-state index in [-0.39, 0.29) is 5.02 Å². The van der Waals surface area contributed by atoms with Crippen molar-refractivity contribution in [2.75, 3.05) is 7.05 Å². The molecule has 0 atom stereocenters. The Morgan fingerprint density at radius 1 is 1.35 bits per heavy atom. The average Bonchev–Trinajstić information content (AvgIpc) is 2.75. The number of furan rings is 1. The van der Waals surface area contributed by atoms with Gasteiger partial charge in [-0.05, 0) is 47.2 Å². The zero-order valence-electron chi connectivity index (χ0n) is 9.06. The molecule has 0 aliphatic rings. The van der Waals surface area contributed by atoms with Crippen molar-refractivity contribution in [3.63, 3.8) is 0 Å². The Bertz CT molecular complexity index is 541. The van der Waals surface area contributed by atoms with E-state index in [0.29, 0.717) is 22.3 Å². The maximum Gasteiger partial charge on any atom is 0.153 e. The summed E-state index contributed by atoms with van der Waals surface area (Å²) in [4.78, 5) is 0. The minimum atomic E-state index is -0.480. The molecule has 2 aromatic rings. The monoisotopic (exact) mass is 317 g/mol. The molecule has 0 aliphatic carbocycles. The van der Waals surface area contributed by atoms with E-state index in [2.05, 4.69) is 21.2 Å². The third kappa shape index (κ3) is 2.54. The largest absolute Gasteiger partial charge is 0.460 e. The summed E-state index contributed by atoms with van der Waals surface area (Å²) in [5.41, 5.74) is 0.362. The first kappa shape index (κ1) is 12.6. The van der Waals surface area contributed by atoms with Gasteiger partial charge < -0.3 is 9.73 Å². The molecule has 1 N–H and O–H groups in total. The highest BCUT2D eigenvalue weighted by molar-refractivity contribution is 9.10. The second-order valence-corrected chi connectivity index (χ2v) is 4.75. The van der Waals surface area contributed by atoms with Crippen LogP contribution in [0, 0.1) is 5.82 Å². The molecule has 0 saturated carbocycles. The normalized spacial score (nSPS) is 10.8. The Balaban J connectivity index is 2.42. The van der Waals surface area contributed by atoms with Crippen LogP contribution < -0.4 is 5.32 Å². The zero-order valence-corrected chi connectivity index (χ0v) is 11.4. The van der Waals surface area contributed by atoms with Crippen molar-refractivity contribution in [3.05, 3.63) is 45.3 Å². The van der Waals surface area contributed by atoms with Gasteiger partial charge in [-0.15, -0.1) is 0 Å². The molecule has 0 spiro atoms. The predicted molar refractivity (Wildman–Crippen MR) is 69.6 cm³/mol. The molecule has 2 rings (SSSR count). The summed E-state index contributed by atoms with van der Waals surface area (Å²) in [5.74, 6) is 0.745. The van der Waals surface area contributed by atoms with Gasteiger partial charge in [-0.2, -0.15) is 0 Å². The molecule has 0 fully saturated rings. The molecule has 90 valence electrons. The molecule has 1 aromatic heterocycles. The maximum absolute atomic E-state index is 13.9. The number of halogens is 3. The van der Waals surface area contributed by atoms with Gasteiger partial charge in [0.1, 0.15) is 11.5 Å². The lowest BCUT2D eigenvalue weighted by atomic mass is 10.1.